The number of nitrogens with zero attached hydrogens (tertiary/aromatic N) is 2. The van der Waals surface area contributed by atoms with Gasteiger partial charge >= 0.3 is 11.8 Å². The van der Waals surface area contributed by atoms with Crippen LogP contribution in [0.2, 0.25) is 0 Å². The average Bonchev–Trinajstić information content (AvgIpc) is 3.16. The summed E-state index contributed by atoms with van der Waals surface area (Å²) in [6.07, 6.45) is 1.78. The Morgan fingerprint density at radius 2 is 2.14 bits per heavy atom. The fraction of sp³-hybridized carbons (Fsp3) is 0.133. The Morgan fingerprint density at radius 3 is 2.91 bits per heavy atom. The van der Waals surface area contributed by atoms with E-state index in [0.29, 0.717) is 11.3 Å². The first-order valence-corrected chi connectivity index (χ1v) is 6.58. The molecule has 3 aromatic rings. The zero-order valence-electron chi connectivity index (χ0n) is 11.5. The predicted octanol–water partition coefficient (Wildman–Crippen LogP) is 2.32. The Kier molecular flexibility index (Phi) is 3.95. The van der Waals surface area contributed by atoms with E-state index >= 15 is 0 Å². The number of aromatic nitrogens is 2. The van der Waals surface area contributed by atoms with Gasteiger partial charge in [-0.2, -0.15) is 0 Å². The van der Waals surface area contributed by atoms with Crippen LogP contribution < -0.4 is 5.32 Å². The SMILES string of the molecule is O=C(NCc1ccco1)c1nnc(Cc2cccc(F)c2)o1. The Balaban J connectivity index is 1.61. The van der Waals surface area contributed by atoms with Gasteiger partial charge < -0.3 is 14.2 Å². The molecule has 1 amide bonds. The van der Waals surface area contributed by atoms with Gasteiger partial charge in [0.1, 0.15) is 11.6 Å². The molecule has 112 valence electrons. The van der Waals surface area contributed by atoms with E-state index in [-0.39, 0.29) is 30.6 Å². The van der Waals surface area contributed by atoms with Crippen LogP contribution in [0.4, 0.5) is 4.39 Å². The van der Waals surface area contributed by atoms with Gasteiger partial charge in [0, 0.05) is 0 Å². The minimum atomic E-state index is -0.491. The molecule has 0 aliphatic heterocycles. The molecule has 22 heavy (non-hydrogen) atoms. The Bertz CT molecular complexity index is 768. The van der Waals surface area contributed by atoms with E-state index in [4.69, 9.17) is 8.83 Å². The number of hydrogen-bond donors (Lipinski definition) is 1. The highest BCUT2D eigenvalue weighted by Gasteiger charge is 2.15. The van der Waals surface area contributed by atoms with Crippen LogP contribution in [0.15, 0.2) is 51.5 Å². The molecule has 0 fully saturated rings. The first kappa shape index (κ1) is 14.0. The lowest BCUT2D eigenvalue weighted by Gasteiger charge is -1.98. The molecule has 0 saturated carbocycles. The molecule has 2 aromatic heterocycles. The molecule has 2 heterocycles. The van der Waals surface area contributed by atoms with Crippen LogP contribution in [0.1, 0.15) is 27.9 Å². The minimum Gasteiger partial charge on any atom is -0.467 e. The minimum absolute atomic E-state index is 0.141. The van der Waals surface area contributed by atoms with Gasteiger partial charge in [-0.3, -0.25) is 4.79 Å². The zero-order chi connectivity index (χ0) is 15.4. The van der Waals surface area contributed by atoms with Crippen LogP contribution in [0, 0.1) is 5.82 Å². The summed E-state index contributed by atoms with van der Waals surface area (Å²) in [5.74, 6) is -0.109. The molecule has 0 aliphatic rings. The first-order valence-electron chi connectivity index (χ1n) is 6.58. The Morgan fingerprint density at radius 1 is 1.23 bits per heavy atom. The monoisotopic (exact) mass is 301 g/mol. The molecule has 1 aromatic carbocycles. The van der Waals surface area contributed by atoms with Crippen molar-refractivity contribution in [1.82, 2.24) is 15.5 Å². The molecule has 0 spiro atoms. The summed E-state index contributed by atoms with van der Waals surface area (Å²) in [5.41, 5.74) is 0.686. The molecule has 0 bridgehead atoms. The highest BCUT2D eigenvalue weighted by molar-refractivity contribution is 5.89. The molecular weight excluding hydrogens is 289 g/mol. The summed E-state index contributed by atoms with van der Waals surface area (Å²) in [6, 6.07) is 9.53. The van der Waals surface area contributed by atoms with E-state index in [2.05, 4.69) is 15.5 Å². The van der Waals surface area contributed by atoms with Crippen LogP contribution in [-0.4, -0.2) is 16.1 Å². The topological polar surface area (TPSA) is 81.2 Å². The lowest BCUT2D eigenvalue weighted by molar-refractivity contribution is 0.0911. The third kappa shape index (κ3) is 3.38. The van der Waals surface area contributed by atoms with Gasteiger partial charge in [0.15, 0.2) is 0 Å². The van der Waals surface area contributed by atoms with Crippen LogP contribution in [0.3, 0.4) is 0 Å². The first-order chi connectivity index (χ1) is 10.7. The summed E-state index contributed by atoms with van der Waals surface area (Å²) < 4.78 is 23.5. The van der Waals surface area contributed by atoms with Crippen LogP contribution in [0.25, 0.3) is 0 Å². The third-order valence-electron chi connectivity index (χ3n) is 2.91. The second kappa shape index (κ2) is 6.21. The average molecular weight is 301 g/mol. The highest BCUT2D eigenvalue weighted by Crippen LogP contribution is 2.10. The van der Waals surface area contributed by atoms with Gasteiger partial charge in [-0.1, -0.05) is 12.1 Å². The normalized spacial score (nSPS) is 10.6. The maximum atomic E-state index is 13.1. The maximum absolute atomic E-state index is 13.1. The van der Waals surface area contributed by atoms with Crippen molar-refractivity contribution in [3.8, 4) is 0 Å². The van der Waals surface area contributed by atoms with Crippen molar-refractivity contribution < 1.29 is 18.0 Å². The molecule has 0 atom stereocenters. The largest absolute Gasteiger partial charge is 0.467 e. The van der Waals surface area contributed by atoms with Gasteiger partial charge in [-0.05, 0) is 29.8 Å². The van der Waals surface area contributed by atoms with E-state index in [0.717, 1.165) is 0 Å². The molecule has 3 rings (SSSR count). The third-order valence-corrected chi connectivity index (χ3v) is 2.91. The van der Waals surface area contributed by atoms with Crippen molar-refractivity contribution in [3.05, 3.63) is 71.6 Å². The van der Waals surface area contributed by atoms with Crippen LogP contribution in [-0.2, 0) is 13.0 Å². The Hall–Kier alpha value is -2.96. The molecule has 0 aliphatic carbocycles. The standard InChI is InChI=1S/C15H12FN3O3/c16-11-4-1-3-10(7-11)8-13-18-19-15(22-13)14(20)17-9-12-5-2-6-21-12/h1-7H,8-9H2,(H,17,20). The van der Waals surface area contributed by atoms with Gasteiger partial charge in [0.05, 0.1) is 19.2 Å². The number of halogens is 1. The number of carbonyl (C=O) groups is 1. The maximum Gasteiger partial charge on any atom is 0.309 e. The van der Waals surface area contributed by atoms with Gasteiger partial charge in [0.25, 0.3) is 0 Å². The van der Waals surface area contributed by atoms with Crippen molar-refractivity contribution >= 4 is 5.91 Å². The number of nitrogens with one attached hydrogen (secondary N) is 1. The van der Waals surface area contributed by atoms with Crippen molar-refractivity contribution in [1.29, 1.82) is 0 Å². The molecule has 0 saturated heterocycles. The molecular formula is C15H12FN3O3. The molecule has 0 radical (unpaired) electrons. The summed E-state index contributed by atoms with van der Waals surface area (Å²) in [7, 11) is 0. The number of carbonyl (C=O) groups excluding carboxylic acids is 1. The fourth-order valence-corrected chi connectivity index (χ4v) is 1.89. The van der Waals surface area contributed by atoms with E-state index in [1.54, 1.807) is 24.3 Å². The second-order valence-electron chi connectivity index (χ2n) is 4.57. The van der Waals surface area contributed by atoms with E-state index in [9.17, 15) is 9.18 Å². The van der Waals surface area contributed by atoms with Crippen LogP contribution >= 0.6 is 0 Å². The molecule has 1 N–H and O–H groups in total. The lowest BCUT2D eigenvalue weighted by Crippen LogP contribution is -2.22. The number of benzene rings is 1. The predicted molar refractivity (Wildman–Crippen MR) is 73.4 cm³/mol. The Labute approximate surface area is 125 Å². The molecule has 6 nitrogen and oxygen atoms in total. The summed E-state index contributed by atoms with van der Waals surface area (Å²) in [4.78, 5) is 11.9. The van der Waals surface area contributed by atoms with Gasteiger partial charge in [0.2, 0.25) is 5.89 Å². The fourth-order valence-electron chi connectivity index (χ4n) is 1.89. The van der Waals surface area contributed by atoms with E-state index < -0.39 is 5.91 Å². The smallest absolute Gasteiger partial charge is 0.309 e. The molecule has 7 heteroatoms. The van der Waals surface area contributed by atoms with Crippen molar-refractivity contribution in [3.63, 3.8) is 0 Å². The summed E-state index contributed by atoms with van der Waals surface area (Å²) in [6.45, 7) is 0.230. The van der Waals surface area contributed by atoms with Crippen LogP contribution in [0.5, 0.6) is 0 Å². The lowest BCUT2D eigenvalue weighted by atomic mass is 10.1. The zero-order valence-corrected chi connectivity index (χ0v) is 11.5. The van der Waals surface area contributed by atoms with Crippen molar-refractivity contribution in [2.45, 2.75) is 13.0 Å². The van der Waals surface area contributed by atoms with Gasteiger partial charge in [-0.25, -0.2) is 4.39 Å². The van der Waals surface area contributed by atoms with E-state index in [1.807, 2.05) is 0 Å². The van der Waals surface area contributed by atoms with Crippen molar-refractivity contribution in [2.75, 3.05) is 0 Å². The van der Waals surface area contributed by atoms with E-state index in [1.165, 1.54) is 18.4 Å². The van der Waals surface area contributed by atoms with Gasteiger partial charge in [-0.15, -0.1) is 10.2 Å². The number of hydrogen-bond acceptors (Lipinski definition) is 5. The molecule has 0 unspecified atom stereocenters. The summed E-state index contributed by atoms with van der Waals surface area (Å²) >= 11 is 0. The second-order valence-corrected chi connectivity index (χ2v) is 4.57. The summed E-state index contributed by atoms with van der Waals surface area (Å²) in [5, 5.41) is 10.1. The number of rotatable bonds is 5. The number of amides is 1. The number of furan rings is 1. The van der Waals surface area contributed by atoms with Crippen molar-refractivity contribution in [2.24, 2.45) is 0 Å². The quantitative estimate of drug-likeness (QED) is 0.782. The highest BCUT2D eigenvalue weighted by atomic mass is 19.1.